The van der Waals surface area contributed by atoms with Crippen molar-refractivity contribution >= 4 is 22.6 Å². The summed E-state index contributed by atoms with van der Waals surface area (Å²) >= 11 is 0. The molecule has 1 saturated carbocycles. The number of aromatic nitrogens is 4. The molecule has 0 unspecified atom stereocenters. The van der Waals surface area contributed by atoms with Crippen LogP contribution >= 0.6 is 0 Å². The molecule has 28 heavy (non-hydrogen) atoms. The van der Waals surface area contributed by atoms with E-state index in [-0.39, 0.29) is 28.6 Å². The molecule has 144 valence electrons. The van der Waals surface area contributed by atoms with E-state index < -0.39 is 28.6 Å². The molecule has 3 aromatic rings. The third-order valence-electron chi connectivity index (χ3n) is 5.40. The predicted octanol–water partition coefficient (Wildman–Crippen LogP) is 2.03. The summed E-state index contributed by atoms with van der Waals surface area (Å²) in [7, 11) is 0. The van der Waals surface area contributed by atoms with Crippen molar-refractivity contribution in [2.45, 2.75) is 24.8 Å². The zero-order valence-corrected chi connectivity index (χ0v) is 14.5. The molecule has 10 heteroatoms. The molecule has 0 spiro atoms. The van der Waals surface area contributed by atoms with Crippen LogP contribution in [0.4, 0.5) is 14.5 Å². The smallest absolute Gasteiger partial charge is 0.341 e. The van der Waals surface area contributed by atoms with Crippen LogP contribution in [0.5, 0.6) is 0 Å². The summed E-state index contributed by atoms with van der Waals surface area (Å²) in [5.74, 6) is -3.13. The number of hydrogen-bond acceptors (Lipinski definition) is 5. The molecule has 0 bridgehead atoms. The molecule has 5 rings (SSSR count). The van der Waals surface area contributed by atoms with Crippen LogP contribution in [0, 0.1) is 11.6 Å². The molecule has 0 atom stereocenters. The molecule has 3 heterocycles. The molecule has 2 fully saturated rings. The van der Waals surface area contributed by atoms with E-state index in [1.54, 1.807) is 11.1 Å². The number of fused-ring (bicyclic) bond motifs is 1. The summed E-state index contributed by atoms with van der Waals surface area (Å²) in [6, 6.07) is 0.860. The number of benzene rings is 1. The highest BCUT2D eigenvalue weighted by atomic mass is 19.1. The van der Waals surface area contributed by atoms with Gasteiger partial charge < -0.3 is 14.6 Å². The monoisotopic (exact) mass is 387 g/mol. The number of halogens is 2. The number of aromatic amines is 1. The number of carboxylic acids is 1. The van der Waals surface area contributed by atoms with Gasteiger partial charge in [0.05, 0.1) is 22.8 Å². The number of nitrogens with one attached hydrogen (secondary N) is 1. The number of pyridine rings is 1. The van der Waals surface area contributed by atoms with Gasteiger partial charge in [-0.1, -0.05) is 0 Å². The lowest BCUT2D eigenvalue weighted by atomic mass is 9.95. The molecule has 2 N–H and O–H groups in total. The molecule has 2 aliphatic rings. The number of anilines is 1. The SMILES string of the molecule is O=C(O)c1cn(C2CC2)c2c(F)c(N3CC(c4cn[nH]n4)C3)c(F)cc2c1=O. The number of carbonyl (C=O) groups is 1. The van der Waals surface area contributed by atoms with Gasteiger partial charge in [-0.15, -0.1) is 0 Å². The normalized spacial score (nSPS) is 17.1. The minimum Gasteiger partial charge on any atom is -0.477 e. The summed E-state index contributed by atoms with van der Waals surface area (Å²) in [5, 5.41) is 19.3. The lowest BCUT2D eigenvalue weighted by Gasteiger charge is -2.40. The van der Waals surface area contributed by atoms with Gasteiger partial charge in [0.25, 0.3) is 0 Å². The van der Waals surface area contributed by atoms with Crippen LogP contribution in [0.2, 0.25) is 0 Å². The number of carboxylic acid groups (broad SMARTS) is 1. The highest BCUT2D eigenvalue weighted by Crippen LogP contribution is 2.41. The van der Waals surface area contributed by atoms with E-state index in [0.29, 0.717) is 13.1 Å². The van der Waals surface area contributed by atoms with Crippen LogP contribution in [0.25, 0.3) is 10.9 Å². The van der Waals surface area contributed by atoms with Crippen molar-refractivity contribution in [3.8, 4) is 0 Å². The van der Waals surface area contributed by atoms with Crippen LogP contribution in [0.3, 0.4) is 0 Å². The third-order valence-corrected chi connectivity index (χ3v) is 5.40. The van der Waals surface area contributed by atoms with Crippen molar-refractivity contribution in [2.75, 3.05) is 18.0 Å². The zero-order valence-electron chi connectivity index (χ0n) is 14.5. The first kappa shape index (κ1) is 16.8. The standard InChI is InChI=1S/C18H15F2N5O3/c19-12-3-10-15(25(9-1-2-9)7-11(17(10)26)18(27)28)14(20)16(12)24-5-8(6-24)13-4-21-23-22-13/h3-4,7-9H,1-2,5-6H2,(H,27,28)(H,21,22,23). The summed E-state index contributed by atoms with van der Waals surface area (Å²) in [6.07, 6.45) is 4.25. The summed E-state index contributed by atoms with van der Waals surface area (Å²) < 4.78 is 31.6. The second kappa shape index (κ2) is 5.85. The highest BCUT2D eigenvalue weighted by Gasteiger charge is 2.36. The van der Waals surface area contributed by atoms with Crippen molar-refractivity contribution in [3.05, 3.63) is 51.6 Å². The van der Waals surface area contributed by atoms with Crippen LogP contribution in [0.15, 0.2) is 23.3 Å². The number of hydrogen-bond donors (Lipinski definition) is 2. The lowest BCUT2D eigenvalue weighted by molar-refractivity contribution is 0.0695. The van der Waals surface area contributed by atoms with Gasteiger partial charge >= 0.3 is 5.97 Å². The molecule has 1 aromatic carbocycles. The first-order valence-corrected chi connectivity index (χ1v) is 8.86. The molecule has 0 amide bonds. The van der Waals surface area contributed by atoms with Crippen LogP contribution in [-0.2, 0) is 0 Å². The van der Waals surface area contributed by atoms with Crippen LogP contribution < -0.4 is 10.3 Å². The van der Waals surface area contributed by atoms with Crippen molar-refractivity contribution in [1.82, 2.24) is 20.0 Å². The Morgan fingerprint density at radius 1 is 1.29 bits per heavy atom. The lowest BCUT2D eigenvalue weighted by Crippen LogP contribution is -2.46. The minimum absolute atomic E-state index is 0.00765. The Morgan fingerprint density at radius 2 is 2.04 bits per heavy atom. The highest BCUT2D eigenvalue weighted by molar-refractivity contribution is 5.94. The van der Waals surface area contributed by atoms with E-state index in [1.165, 1.54) is 10.8 Å². The largest absolute Gasteiger partial charge is 0.477 e. The number of aromatic carboxylic acids is 1. The maximum absolute atomic E-state index is 15.4. The quantitative estimate of drug-likeness (QED) is 0.710. The van der Waals surface area contributed by atoms with Gasteiger partial charge in [-0.2, -0.15) is 15.4 Å². The minimum atomic E-state index is -1.41. The number of nitrogens with zero attached hydrogens (tertiary/aromatic N) is 4. The fourth-order valence-electron chi connectivity index (χ4n) is 3.77. The Kier molecular flexibility index (Phi) is 3.52. The number of H-pyrrole nitrogens is 1. The fraction of sp³-hybridized carbons (Fsp3) is 0.333. The molecule has 1 saturated heterocycles. The summed E-state index contributed by atoms with van der Waals surface area (Å²) in [6.45, 7) is 0.736. The van der Waals surface area contributed by atoms with E-state index >= 15 is 4.39 Å². The summed E-state index contributed by atoms with van der Waals surface area (Å²) in [4.78, 5) is 25.4. The van der Waals surface area contributed by atoms with Gasteiger partial charge in [-0.3, -0.25) is 4.79 Å². The average molecular weight is 387 g/mol. The van der Waals surface area contributed by atoms with E-state index in [2.05, 4.69) is 15.4 Å². The third kappa shape index (κ3) is 2.40. The first-order chi connectivity index (χ1) is 13.5. The van der Waals surface area contributed by atoms with E-state index in [9.17, 15) is 19.1 Å². The maximum atomic E-state index is 15.4. The molecule has 0 radical (unpaired) electrons. The van der Waals surface area contributed by atoms with Gasteiger partial charge in [-0.05, 0) is 18.9 Å². The number of rotatable bonds is 4. The Labute approximate surface area is 156 Å². The average Bonchev–Trinajstić information content (AvgIpc) is 3.32. The Balaban J connectivity index is 1.64. The second-order valence-electron chi connectivity index (χ2n) is 7.23. The second-order valence-corrected chi connectivity index (χ2v) is 7.23. The topological polar surface area (TPSA) is 104 Å². The van der Waals surface area contributed by atoms with Gasteiger partial charge in [0.15, 0.2) is 5.82 Å². The van der Waals surface area contributed by atoms with Crippen LogP contribution in [-0.4, -0.2) is 44.1 Å². The first-order valence-electron chi connectivity index (χ1n) is 8.86. The van der Waals surface area contributed by atoms with Crippen molar-refractivity contribution < 1.29 is 18.7 Å². The molecule has 1 aliphatic heterocycles. The molecular formula is C18H15F2N5O3. The molecular weight excluding hydrogens is 372 g/mol. The molecule has 8 nitrogen and oxygen atoms in total. The van der Waals surface area contributed by atoms with Crippen LogP contribution in [0.1, 0.15) is 40.9 Å². The van der Waals surface area contributed by atoms with Crippen molar-refractivity contribution in [3.63, 3.8) is 0 Å². The van der Waals surface area contributed by atoms with Crippen molar-refractivity contribution in [2.24, 2.45) is 0 Å². The van der Waals surface area contributed by atoms with E-state index in [0.717, 1.165) is 24.6 Å². The van der Waals surface area contributed by atoms with Gasteiger partial charge in [0, 0.05) is 31.2 Å². The Hall–Kier alpha value is -3.30. The molecule has 2 aromatic heterocycles. The van der Waals surface area contributed by atoms with E-state index in [1.807, 2.05) is 0 Å². The van der Waals surface area contributed by atoms with Crippen molar-refractivity contribution in [1.29, 1.82) is 0 Å². The van der Waals surface area contributed by atoms with Gasteiger partial charge in [0.2, 0.25) is 5.43 Å². The van der Waals surface area contributed by atoms with E-state index in [4.69, 9.17) is 0 Å². The summed E-state index contributed by atoms with van der Waals surface area (Å²) in [5.41, 5.74) is -0.893. The van der Waals surface area contributed by atoms with Gasteiger partial charge in [-0.25, -0.2) is 13.6 Å². The zero-order chi connectivity index (χ0) is 19.6. The predicted molar refractivity (Wildman–Crippen MR) is 94.7 cm³/mol. The molecule has 1 aliphatic carbocycles. The Bertz CT molecular complexity index is 1160. The Morgan fingerprint density at radius 3 is 2.64 bits per heavy atom. The maximum Gasteiger partial charge on any atom is 0.341 e. The van der Waals surface area contributed by atoms with Gasteiger partial charge in [0.1, 0.15) is 17.1 Å². The fourth-order valence-corrected chi connectivity index (χ4v) is 3.77.